The molecule has 1 rings (SSSR count). The second kappa shape index (κ2) is 10.1. The Kier molecular flexibility index (Phi) is 8.71. The normalized spacial score (nSPS) is 10.7. The van der Waals surface area contributed by atoms with Gasteiger partial charge < -0.3 is 14.8 Å². The van der Waals surface area contributed by atoms with Gasteiger partial charge in [0.05, 0.1) is 7.11 Å². The van der Waals surface area contributed by atoms with Crippen molar-refractivity contribution in [2.75, 3.05) is 33.1 Å². The first-order chi connectivity index (χ1) is 9.31. The van der Waals surface area contributed by atoms with Crippen LogP contribution in [0.4, 0.5) is 0 Å². The molecule has 0 atom stereocenters. The fourth-order valence-electron chi connectivity index (χ4n) is 1.81. The Hall–Kier alpha value is -0.710. The van der Waals surface area contributed by atoms with E-state index in [0.717, 1.165) is 43.4 Å². The molecule has 0 spiro atoms. The standard InChI is InChI=1S/C15H25NO2S/c1-4-16-11-13-6-7-15(18-3)14(10-13)12-19-9-5-8-17-2/h6-7,10,16H,4-5,8-9,11-12H2,1-3H3. The second-order valence-corrected chi connectivity index (χ2v) is 5.43. The molecule has 19 heavy (non-hydrogen) atoms. The summed E-state index contributed by atoms with van der Waals surface area (Å²) in [7, 11) is 3.48. The van der Waals surface area contributed by atoms with Gasteiger partial charge in [0.25, 0.3) is 0 Å². The van der Waals surface area contributed by atoms with Crippen LogP contribution < -0.4 is 10.1 Å². The van der Waals surface area contributed by atoms with Crippen molar-refractivity contribution in [1.82, 2.24) is 5.32 Å². The molecule has 0 radical (unpaired) electrons. The summed E-state index contributed by atoms with van der Waals surface area (Å²) in [6, 6.07) is 6.43. The summed E-state index contributed by atoms with van der Waals surface area (Å²) in [5.74, 6) is 3.10. The summed E-state index contributed by atoms with van der Waals surface area (Å²) in [5.41, 5.74) is 2.59. The van der Waals surface area contributed by atoms with E-state index in [0.29, 0.717) is 0 Å². The number of thioether (sulfide) groups is 1. The van der Waals surface area contributed by atoms with Crippen LogP contribution in [0.2, 0.25) is 0 Å². The summed E-state index contributed by atoms with van der Waals surface area (Å²) in [4.78, 5) is 0. The van der Waals surface area contributed by atoms with E-state index in [1.54, 1.807) is 14.2 Å². The van der Waals surface area contributed by atoms with Crippen LogP contribution in [-0.4, -0.2) is 33.1 Å². The molecule has 0 saturated carbocycles. The molecule has 3 nitrogen and oxygen atoms in total. The lowest BCUT2D eigenvalue weighted by Gasteiger charge is -2.11. The van der Waals surface area contributed by atoms with E-state index in [-0.39, 0.29) is 0 Å². The summed E-state index contributed by atoms with van der Waals surface area (Å²) >= 11 is 1.93. The number of methoxy groups -OCH3 is 2. The van der Waals surface area contributed by atoms with Gasteiger partial charge in [-0.25, -0.2) is 0 Å². The van der Waals surface area contributed by atoms with Gasteiger partial charge in [0.2, 0.25) is 0 Å². The Balaban J connectivity index is 2.52. The highest BCUT2D eigenvalue weighted by molar-refractivity contribution is 7.98. The first-order valence-corrected chi connectivity index (χ1v) is 7.90. The van der Waals surface area contributed by atoms with Crippen LogP contribution in [0.15, 0.2) is 18.2 Å². The lowest BCUT2D eigenvalue weighted by molar-refractivity contribution is 0.200. The number of hydrogen-bond donors (Lipinski definition) is 1. The van der Waals surface area contributed by atoms with Crippen molar-refractivity contribution in [2.45, 2.75) is 25.6 Å². The van der Waals surface area contributed by atoms with Gasteiger partial charge >= 0.3 is 0 Å². The maximum atomic E-state index is 5.42. The van der Waals surface area contributed by atoms with Gasteiger partial charge in [0, 0.05) is 31.6 Å². The maximum absolute atomic E-state index is 5.42. The van der Waals surface area contributed by atoms with Gasteiger partial charge in [-0.15, -0.1) is 0 Å². The van der Waals surface area contributed by atoms with E-state index >= 15 is 0 Å². The molecule has 1 aromatic rings. The Morgan fingerprint density at radius 1 is 1.26 bits per heavy atom. The molecular weight excluding hydrogens is 258 g/mol. The van der Waals surface area contributed by atoms with E-state index < -0.39 is 0 Å². The van der Waals surface area contributed by atoms with Crippen LogP contribution in [0.25, 0.3) is 0 Å². The fourth-order valence-corrected chi connectivity index (χ4v) is 2.72. The van der Waals surface area contributed by atoms with Crippen molar-refractivity contribution in [3.05, 3.63) is 29.3 Å². The van der Waals surface area contributed by atoms with Crippen molar-refractivity contribution in [1.29, 1.82) is 0 Å². The number of benzene rings is 1. The van der Waals surface area contributed by atoms with Crippen LogP contribution in [0.3, 0.4) is 0 Å². The molecule has 0 aliphatic rings. The van der Waals surface area contributed by atoms with Crippen molar-refractivity contribution in [2.24, 2.45) is 0 Å². The van der Waals surface area contributed by atoms with Gasteiger partial charge in [-0.2, -0.15) is 11.8 Å². The van der Waals surface area contributed by atoms with Crippen molar-refractivity contribution in [3.63, 3.8) is 0 Å². The smallest absolute Gasteiger partial charge is 0.122 e. The van der Waals surface area contributed by atoms with Gasteiger partial charge in [-0.1, -0.05) is 13.0 Å². The first-order valence-electron chi connectivity index (χ1n) is 6.75. The van der Waals surface area contributed by atoms with Crippen LogP contribution in [0, 0.1) is 0 Å². The molecule has 0 amide bonds. The average molecular weight is 283 g/mol. The van der Waals surface area contributed by atoms with E-state index in [4.69, 9.17) is 9.47 Å². The topological polar surface area (TPSA) is 30.5 Å². The van der Waals surface area contributed by atoms with Gasteiger partial charge in [-0.3, -0.25) is 0 Å². The quantitative estimate of drug-likeness (QED) is 0.669. The molecule has 0 bridgehead atoms. The van der Waals surface area contributed by atoms with E-state index in [1.807, 2.05) is 11.8 Å². The van der Waals surface area contributed by atoms with Crippen molar-refractivity contribution < 1.29 is 9.47 Å². The SMILES string of the molecule is CCNCc1ccc(OC)c(CSCCCOC)c1. The second-order valence-electron chi connectivity index (χ2n) is 4.33. The zero-order valence-electron chi connectivity index (χ0n) is 12.2. The molecule has 0 heterocycles. The highest BCUT2D eigenvalue weighted by Crippen LogP contribution is 2.24. The molecule has 0 aliphatic heterocycles. The third-order valence-corrected chi connectivity index (χ3v) is 3.91. The first kappa shape index (κ1) is 16.3. The lowest BCUT2D eigenvalue weighted by Crippen LogP contribution is -2.11. The predicted molar refractivity (Wildman–Crippen MR) is 83.0 cm³/mol. The highest BCUT2D eigenvalue weighted by atomic mass is 32.2. The monoisotopic (exact) mass is 283 g/mol. The highest BCUT2D eigenvalue weighted by Gasteiger charge is 2.04. The Labute approximate surface area is 121 Å². The molecule has 0 fully saturated rings. The molecule has 0 aromatic heterocycles. The Morgan fingerprint density at radius 2 is 2.11 bits per heavy atom. The van der Waals surface area contributed by atoms with Gasteiger partial charge in [0.15, 0.2) is 0 Å². The van der Waals surface area contributed by atoms with Crippen LogP contribution in [0.1, 0.15) is 24.5 Å². The summed E-state index contributed by atoms with van der Waals surface area (Å²) in [6.45, 7) is 4.87. The zero-order valence-corrected chi connectivity index (χ0v) is 13.0. The average Bonchev–Trinajstić information content (AvgIpc) is 2.45. The van der Waals surface area contributed by atoms with Gasteiger partial charge in [0.1, 0.15) is 5.75 Å². The predicted octanol–water partition coefficient (Wildman–Crippen LogP) is 3.07. The Morgan fingerprint density at radius 3 is 2.79 bits per heavy atom. The van der Waals surface area contributed by atoms with Crippen molar-refractivity contribution in [3.8, 4) is 5.75 Å². The minimum atomic E-state index is 0.838. The molecular formula is C15H25NO2S. The number of hydrogen-bond acceptors (Lipinski definition) is 4. The number of rotatable bonds is 10. The third-order valence-electron chi connectivity index (χ3n) is 2.82. The molecule has 108 valence electrons. The van der Waals surface area contributed by atoms with Crippen LogP contribution in [0.5, 0.6) is 5.75 Å². The molecule has 1 N–H and O–H groups in total. The number of nitrogens with one attached hydrogen (secondary N) is 1. The zero-order chi connectivity index (χ0) is 13.9. The van der Waals surface area contributed by atoms with Gasteiger partial charge in [-0.05, 0) is 36.4 Å². The summed E-state index contributed by atoms with van der Waals surface area (Å²) in [5, 5.41) is 3.35. The molecule has 1 aromatic carbocycles. The molecule has 0 unspecified atom stereocenters. The third kappa shape index (κ3) is 6.32. The summed E-state index contributed by atoms with van der Waals surface area (Å²) < 4.78 is 10.5. The molecule has 0 saturated heterocycles. The number of ether oxygens (including phenoxy) is 2. The molecule has 4 heteroatoms. The molecule has 0 aliphatic carbocycles. The van der Waals surface area contributed by atoms with E-state index in [2.05, 4.69) is 30.4 Å². The van der Waals surface area contributed by atoms with E-state index in [9.17, 15) is 0 Å². The minimum absolute atomic E-state index is 0.838. The van der Waals surface area contributed by atoms with Crippen LogP contribution >= 0.6 is 11.8 Å². The van der Waals surface area contributed by atoms with Crippen molar-refractivity contribution >= 4 is 11.8 Å². The fraction of sp³-hybridized carbons (Fsp3) is 0.600. The van der Waals surface area contributed by atoms with Crippen LogP contribution in [-0.2, 0) is 17.0 Å². The largest absolute Gasteiger partial charge is 0.496 e. The maximum Gasteiger partial charge on any atom is 0.122 e. The minimum Gasteiger partial charge on any atom is -0.496 e. The van der Waals surface area contributed by atoms with E-state index in [1.165, 1.54) is 11.1 Å². The Bertz CT molecular complexity index is 358. The summed E-state index contributed by atoms with van der Waals surface area (Å²) in [6.07, 6.45) is 1.10. The lowest BCUT2D eigenvalue weighted by atomic mass is 10.1.